The molecule has 2 aromatic rings. The van der Waals surface area contributed by atoms with Crippen molar-refractivity contribution in [1.82, 2.24) is 5.32 Å². The lowest BCUT2D eigenvalue weighted by Gasteiger charge is -2.18. The summed E-state index contributed by atoms with van der Waals surface area (Å²) in [5.41, 5.74) is 1.03. The Morgan fingerprint density at radius 3 is 2.32 bits per heavy atom. The quantitative estimate of drug-likeness (QED) is 0.427. The highest BCUT2D eigenvalue weighted by Gasteiger charge is 2.24. The molecule has 0 bridgehead atoms. The number of non-ortho nitro benzene ring substituents is 1. The fraction of sp³-hybridized carbons (Fsp3) is 0.211. The van der Waals surface area contributed by atoms with Gasteiger partial charge in [-0.15, -0.1) is 0 Å². The van der Waals surface area contributed by atoms with Crippen molar-refractivity contribution in [3.05, 3.63) is 69.8 Å². The van der Waals surface area contributed by atoms with Crippen LogP contribution in [0.2, 0.25) is 0 Å². The number of benzene rings is 2. The molecule has 9 nitrogen and oxygen atoms in total. The number of anilines is 1. The van der Waals surface area contributed by atoms with Crippen molar-refractivity contribution in [3.8, 4) is 0 Å². The normalized spacial score (nSPS) is 11.2. The van der Waals surface area contributed by atoms with Gasteiger partial charge in [0.2, 0.25) is 5.91 Å². The molecule has 2 N–H and O–H groups in total. The maximum Gasteiger partial charge on any atom is 0.328 e. The minimum Gasteiger partial charge on any atom is -0.467 e. The summed E-state index contributed by atoms with van der Waals surface area (Å²) in [5.74, 6) is -1.57. The molecule has 2 aromatic carbocycles. The highest BCUT2D eigenvalue weighted by Crippen LogP contribution is 2.17. The monoisotopic (exact) mass is 385 g/mol. The van der Waals surface area contributed by atoms with Crippen molar-refractivity contribution in [2.45, 2.75) is 19.4 Å². The van der Waals surface area contributed by atoms with Crippen molar-refractivity contribution in [1.29, 1.82) is 0 Å². The van der Waals surface area contributed by atoms with E-state index in [1.165, 1.54) is 44.4 Å². The van der Waals surface area contributed by atoms with E-state index in [0.717, 1.165) is 0 Å². The standard InChI is InChI=1S/C19H19N3O6/c1-12(23)20-16-6-4-3-5-15(16)18(24)21-17(19(25)28-2)11-13-7-9-14(10-8-13)22(26)27/h3-10,17H,11H2,1-2H3,(H,20,23)(H,21,24)/t17-/m1/s1. The molecule has 0 aliphatic carbocycles. The SMILES string of the molecule is COC(=O)[C@@H](Cc1ccc([N+](=O)[O-])cc1)NC(=O)c1ccccc1NC(C)=O. The average Bonchev–Trinajstić information content (AvgIpc) is 2.67. The van der Waals surface area contributed by atoms with Crippen LogP contribution in [0.1, 0.15) is 22.8 Å². The number of para-hydroxylation sites is 1. The molecule has 0 saturated carbocycles. The van der Waals surface area contributed by atoms with Crippen LogP contribution in [0.25, 0.3) is 0 Å². The summed E-state index contributed by atoms with van der Waals surface area (Å²) < 4.78 is 4.75. The van der Waals surface area contributed by atoms with Gasteiger partial charge in [-0.1, -0.05) is 24.3 Å². The van der Waals surface area contributed by atoms with Gasteiger partial charge in [0.25, 0.3) is 11.6 Å². The smallest absolute Gasteiger partial charge is 0.328 e. The zero-order valence-corrected chi connectivity index (χ0v) is 15.3. The van der Waals surface area contributed by atoms with E-state index in [9.17, 15) is 24.5 Å². The maximum absolute atomic E-state index is 12.7. The highest BCUT2D eigenvalue weighted by atomic mass is 16.6. The number of carbonyl (C=O) groups is 3. The minimum absolute atomic E-state index is 0.0772. The number of methoxy groups -OCH3 is 1. The zero-order valence-electron chi connectivity index (χ0n) is 15.3. The third-order valence-electron chi connectivity index (χ3n) is 3.86. The number of hydrogen-bond donors (Lipinski definition) is 2. The largest absolute Gasteiger partial charge is 0.467 e. The Bertz CT molecular complexity index is 895. The van der Waals surface area contributed by atoms with Gasteiger partial charge in [-0.25, -0.2) is 4.79 Å². The average molecular weight is 385 g/mol. The van der Waals surface area contributed by atoms with Crippen molar-refractivity contribution in [3.63, 3.8) is 0 Å². The molecule has 0 fully saturated rings. The lowest BCUT2D eigenvalue weighted by atomic mass is 10.0. The predicted molar refractivity (Wildman–Crippen MR) is 101 cm³/mol. The molecule has 0 aliphatic rings. The Morgan fingerprint density at radius 1 is 1.11 bits per heavy atom. The van der Waals surface area contributed by atoms with Gasteiger partial charge in [0, 0.05) is 25.5 Å². The first-order valence-corrected chi connectivity index (χ1v) is 8.30. The van der Waals surface area contributed by atoms with E-state index in [1.807, 2.05) is 0 Å². The highest BCUT2D eigenvalue weighted by molar-refractivity contribution is 6.04. The van der Waals surface area contributed by atoms with Crippen LogP contribution >= 0.6 is 0 Å². The molecule has 28 heavy (non-hydrogen) atoms. The fourth-order valence-corrected chi connectivity index (χ4v) is 2.54. The predicted octanol–water partition coefficient (Wildman–Crippen LogP) is 2.07. The second-order valence-electron chi connectivity index (χ2n) is 5.90. The Labute approximate surface area is 160 Å². The molecule has 2 amide bonds. The van der Waals surface area contributed by atoms with E-state index >= 15 is 0 Å². The van der Waals surface area contributed by atoms with Gasteiger partial charge < -0.3 is 15.4 Å². The van der Waals surface area contributed by atoms with Crippen molar-refractivity contribution < 1.29 is 24.0 Å². The minimum atomic E-state index is -1.01. The fourth-order valence-electron chi connectivity index (χ4n) is 2.54. The summed E-state index contributed by atoms with van der Waals surface area (Å²) in [7, 11) is 1.20. The van der Waals surface area contributed by atoms with Gasteiger partial charge in [-0.3, -0.25) is 19.7 Å². The van der Waals surface area contributed by atoms with Gasteiger partial charge in [-0.2, -0.15) is 0 Å². The number of amides is 2. The Hall–Kier alpha value is -3.75. The van der Waals surface area contributed by atoms with Gasteiger partial charge in [-0.05, 0) is 17.7 Å². The molecule has 1 atom stereocenters. The number of nitro benzene ring substituents is 1. The number of carbonyl (C=O) groups excluding carboxylic acids is 3. The van der Waals surface area contributed by atoms with Crippen molar-refractivity contribution in [2.24, 2.45) is 0 Å². The van der Waals surface area contributed by atoms with Gasteiger partial charge in [0.05, 0.1) is 23.3 Å². The van der Waals surface area contributed by atoms with Gasteiger partial charge in [0.1, 0.15) is 6.04 Å². The van der Waals surface area contributed by atoms with Gasteiger partial charge >= 0.3 is 5.97 Å². The number of esters is 1. The number of nitro groups is 1. The maximum atomic E-state index is 12.7. The lowest BCUT2D eigenvalue weighted by Crippen LogP contribution is -2.43. The van der Waals surface area contributed by atoms with E-state index in [-0.39, 0.29) is 23.6 Å². The zero-order chi connectivity index (χ0) is 20.7. The Kier molecular flexibility index (Phi) is 6.80. The summed E-state index contributed by atoms with van der Waals surface area (Å²) in [6.45, 7) is 1.32. The van der Waals surface area contributed by atoms with E-state index in [1.54, 1.807) is 18.2 Å². The number of ether oxygens (including phenoxy) is 1. The van der Waals surface area contributed by atoms with Crippen LogP contribution in [-0.2, 0) is 20.7 Å². The van der Waals surface area contributed by atoms with E-state index in [0.29, 0.717) is 11.3 Å². The summed E-state index contributed by atoms with van der Waals surface area (Å²) in [6.07, 6.45) is 0.0821. The molecule has 9 heteroatoms. The second kappa shape index (κ2) is 9.26. The van der Waals surface area contributed by atoms with E-state index in [4.69, 9.17) is 4.74 Å². The molecule has 0 spiro atoms. The molecular weight excluding hydrogens is 366 g/mol. The third-order valence-corrected chi connectivity index (χ3v) is 3.86. The van der Waals surface area contributed by atoms with E-state index in [2.05, 4.69) is 10.6 Å². The summed E-state index contributed by atoms with van der Waals surface area (Å²) in [6, 6.07) is 11.0. The summed E-state index contributed by atoms with van der Waals surface area (Å²) in [4.78, 5) is 46.3. The molecule has 0 aromatic heterocycles. The molecule has 2 rings (SSSR count). The summed E-state index contributed by atoms with van der Waals surface area (Å²) >= 11 is 0. The van der Waals surface area contributed by atoms with E-state index < -0.39 is 22.8 Å². The van der Waals surface area contributed by atoms with Crippen LogP contribution in [-0.4, -0.2) is 35.9 Å². The Morgan fingerprint density at radius 2 is 1.75 bits per heavy atom. The van der Waals surface area contributed by atoms with Crippen LogP contribution in [0.5, 0.6) is 0 Å². The number of nitrogens with zero attached hydrogens (tertiary/aromatic N) is 1. The first-order valence-electron chi connectivity index (χ1n) is 8.30. The van der Waals surface area contributed by atoms with Crippen molar-refractivity contribution in [2.75, 3.05) is 12.4 Å². The number of hydrogen-bond acceptors (Lipinski definition) is 6. The first kappa shape index (κ1) is 20.6. The molecular formula is C19H19N3O6. The lowest BCUT2D eigenvalue weighted by molar-refractivity contribution is -0.384. The van der Waals surface area contributed by atoms with Crippen LogP contribution in [0, 0.1) is 10.1 Å². The molecule has 146 valence electrons. The topological polar surface area (TPSA) is 128 Å². The van der Waals surface area contributed by atoms with Crippen LogP contribution < -0.4 is 10.6 Å². The van der Waals surface area contributed by atoms with Crippen molar-refractivity contribution >= 4 is 29.2 Å². The number of nitrogens with one attached hydrogen (secondary N) is 2. The van der Waals surface area contributed by atoms with Crippen LogP contribution in [0.4, 0.5) is 11.4 Å². The second-order valence-corrected chi connectivity index (χ2v) is 5.90. The summed E-state index contributed by atoms with van der Waals surface area (Å²) in [5, 5.41) is 15.9. The molecule has 0 radical (unpaired) electrons. The third kappa shape index (κ3) is 5.37. The molecule has 0 aliphatic heterocycles. The molecule has 0 heterocycles. The molecule has 0 saturated heterocycles. The van der Waals surface area contributed by atoms with Gasteiger partial charge in [0.15, 0.2) is 0 Å². The van der Waals surface area contributed by atoms with Crippen LogP contribution in [0.3, 0.4) is 0 Å². The van der Waals surface area contributed by atoms with Crippen LogP contribution in [0.15, 0.2) is 48.5 Å². The number of rotatable bonds is 7. The first-order chi connectivity index (χ1) is 13.3. The Balaban J connectivity index is 2.20. The molecule has 0 unspecified atom stereocenters.